The summed E-state index contributed by atoms with van der Waals surface area (Å²) in [4.78, 5) is 11.8. The fraction of sp³-hybridized carbons (Fsp3) is 0.267. The van der Waals surface area contributed by atoms with Gasteiger partial charge in [-0.1, -0.05) is 12.1 Å². The van der Waals surface area contributed by atoms with E-state index < -0.39 is 5.79 Å². The highest BCUT2D eigenvalue weighted by molar-refractivity contribution is 6.06. The molecule has 0 saturated carbocycles. The first-order valence-corrected chi connectivity index (χ1v) is 6.09. The molecule has 2 aromatic carbocycles. The number of benzene rings is 2. The van der Waals surface area contributed by atoms with E-state index in [9.17, 15) is 15.0 Å². The number of carbonyl (C=O) groups excluding carboxylic acids is 1. The van der Waals surface area contributed by atoms with E-state index in [1.807, 2.05) is 6.07 Å². The van der Waals surface area contributed by atoms with Gasteiger partial charge in [0, 0.05) is 18.7 Å². The third-order valence-corrected chi connectivity index (χ3v) is 3.40. The Kier molecular flexibility index (Phi) is 2.34. The molecule has 0 saturated heterocycles. The molecule has 98 valence electrons. The van der Waals surface area contributed by atoms with Gasteiger partial charge in [0.2, 0.25) is 5.79 Å². The van der Waals surface area contributed by atoms with Crippen molar-refractivity contribution in [2.75, 3.05) is 0 Å². The van der Waals surface area contributed by atoms with Crippen molar-refractivity contribution in [3.63, 3.8) is 0 Å². The molecule has 3 rings (SSSR count). The molecule has 0 aliphatic carbocycles. The van der Waals surface area contributed by atoms with Crippen molar-refractivity contribution in [1.82, 2.24) is 0 Å². The molecule has 0 bridgehead atoms. The van der Waals surface area contributed by atoms with E-state index in [0.29, 0.717) is 11.3 Å². The number of phenolic OH excluding ortho intramolecular Hbond substituents is 1. The Morgan fingerprint density at radius 2 is 2.16 bits per heavy atom. The molecule has 2 aromatic rings. The standard InChI is InChI=1S/C15H14O4/c1-8(16)13-10-7-15(2,18)19-12-5-3-4-9(14(10)12)6-11(13)17/h3-6,17-18H,7H2,1-2H3/t15-/m0/s1. The molecule has 0 radical (unpaired) electrons. The number of carbonyl (C=O) groups is 1. The second kappa shape index (κ2) is 3.71. The summed E-state index contributed by atoms with van der Waals surface area (Å²) in [6.07, 6.45) is 0.170. The van der Waals surface area contributed by atoms with Crippen molar-refractivity contribution in [2.24, 2.45) is 0 Å². The van der Waals surface area contributed by atoms with E-state index in [1.165, 1.54) is 6.92 Å². The molecular formula is C15H14O4. The first-order valence-electron chi connectivity index (χ1n) is 6.09. The number of Topliss-reactive ketones (excluding diaryl/α,β-unsaturated/α-hetero) is 1. The van der Waals surface area contributed by atoms with Gasteiger partial charge in [0.1, 0.15) is 11.5 Å². The van der Waals surface area contributed by atoms with Crippen molar-refractivity contribution < 1.29 is 19.7 Å². The first kappa shape index (κ1) is 12.0. The summed E-state index contributed by atoms with van der Waals surface area (Å²) in [7, 11) is 0. The van der Waals surface area contributed by atoms with Crippen molar-refractivity contribution in [3.05, 3.63) is 35.4 Å². The van der Waals surface area contributed by atoms with E-state index in [1.54, 1.807) is 25.1 Å². The molecule has 2 N–H and O–H groups in total. The van der Waals surface area contributed by atoms with Gasteiger partial charge in [0.15, 0.2) is 5.78 Å². The third kappa shape index (κ3) is 1.76. The molecule has 1 aliphatic rings. The van der Waals surface area contributed by atoms with Gasteiger partial charge >= 0.3 is 0 Å². The zero-order valence-electron chi connectivity index (χ0n) is 10.7. The lowest BCUT2D eigenvalue weighted by atomic mass is 9.89. The Hall–Kier alpha value is -2.07. The molecule has 0 unspecified atom stereocenters. The summed E-state index contributed by atoms with van der Waals surface area (Å²) >= 11 is 0. The van der Waals surface area contributed by atoms with Gasteiger partial charge in [-0.25, -0.2) is 0 Å². The van der Waals surface area contributed by atoms with Crippen molar-refractivity contribution in [2.45, 2.75) is 26.1 Å². The van der Waals surface area contributed by atoms with Crippen LogP contribution in [-0.4, -0.2) is 21.8 Å². The van der Waals surface area contributed by atoms with Gasteiger partial charge < -0.3 is 14.9 Å². The van der Waals surface area contributed by atoms with Crippen LogP contribution in [0.2, 0.25) is 0 Å². The maximum absolute atomic E-state index is 11.8. The Labute approximate surface area is 110 Å². The number of ketones is 1. The average molecular weight is 258 g/mol. The van der Waals surface area contributed by atoms with Crippen molar-refractivity contribution >= 4 is 16.6 Å². The first-order chi connectivity index (χ1) is 8.89. The molecule has 1 aliphatic heterocycles. The summed E-state index contributed by atoms with van der Waals surface area (Å²) < 4.78 is 5.53. The Morgan fingerprint density at radius 3 is 2.84 bits per heavy atom. The lowest BCUT2D eigenvalue weighted by Crippen LogP contribution is -2.37. The number of hydrogen-bond donors (Lipinski definition) is 2. The maximum atomic E-state index is 11.8. The van der Waals surface area contributed by atoms with Crippen molar-refractivity contribution in [3.8, 4) is 11.5 Å². The zero-order chi connectivity index (χ0) is 13.8. The van der Waals surface area contributed by atoms with Crippen LogP contribution in [0.5, 0.6) is 11.5 Å². The molecule has 0 amide bonds. The number of aromatic hydroxyl groups is 1. The van der Waals surface area contributed by atoms with E-state index in [4.69, 9.17) is 4.74 Å². The SMILES string of the molecule is CC(=O)c1c(O)cc2cccc3c2c1C[C@@](C)(O)O3. The molecule has 0 fully saturated rings. The minimum absolute atomic E-state index is 0.0511. The molecular weight excluding hydrogens is 244 g/mol. The van der Waals surface area contributed by atoms with Gasteiger partial charge in [0.25, 0.3) is 0 Å². The fourth-order valence-electron chi connectivity index (χ4n) is 2.75. The highest BCUT2D eigenvalue weighted by atomic mass is 16.6. The summed E-state index contributed by atoms with van der Waals surface area (Å²) in [6, 6.07) is 6.94. The van der Waals surface area contributed by atoms with Crippen LogP contribution < -0.4 is 4.74 Å². The lowest BCUT2D eigenvalue weighted by Gasteiger charge is -2.32. The van der Waals surface area contributed by atoms with E-state index in [2.05, 4.69) is 0 Å². The van der Waals surface area contributed by atoms with Gasteiger partial charge in [-0.3, -0.25) is 4.79 Å². The van der Waals surface area contributed by atoms with Crippen LogP contribution in [0.3, 0.4) is 0 Å². The summed E-state index contributed by atoms with van der Waals surface area (Å²) in [5.74, 6) is -1.11. The molecule has 0 spiro atoms. The van der Waals surface area contributed by atoms with E-state index >= 15 is 0 Å². The normalized spacial score (nSPS) is 21.2. The minimum atomic E-state index is -1.38. The number of hydrogen-bond acceptors (Lipinski definition) is 4. The Bertz CT molecular complexity index is 701. The second-order valence-corrected chi connectivity index (χ2v) is 5.11. The largest absolute Gasteiger partial charge is 0.507 e. The highest BCUT2D eigenvalue weighted by Crippen LogP contribution is 2.42. The monoisotopic (exact) mass is 258 g/mol. The molecule has 0 aromatic heterocycles. The van der Waals surface area contributed by atoms with Crippen LogP contribution in [-0.2, 0) is 6.42 Å². The number of aliphatic hydroxyl groups is 1. The predicted molar refractivity (Wildman–Crippen MR) is 70.6 cm³/mol. The molecule has 1 atom stereocenters. The number of rotatable bonds is 1. The molecule has 4 nitrogen and oxygen atoms in total. The van der Waals surface area contributed by atoms with Crippen LogP contribution in [0.25, 0.3) is 10.8 Å². The summed E-state index contributed by atoms with van der Waals surface area (Å²) in [5, 5.41) is 21.8. The molecule has 1 heterocycles. The third-order valence-electron chi connectivity index (χ3n) is 3.40. The van der Waals surface area contributed by atoms with Crippen LogP contribution in [0.15, 0.2) is 24.3 Å². The topological polar surface area (TPSA) is 66.8 Å². The van der Waals surface area contributed by atoms with Crippen molar-refractivity contribution in [1.29, 1.82) is 0 Å². The summed E-state index contributed by atoms with van der Waals surface area (Å²) in [5.41, 5.74) is 0.915. The Balaban J connectivity index is 2.45. The quantitative estimate of drug-likeness (QED) is 0.771. The molecule has 4 heteroatoms. The predicted octanol–water partition coefficient (Wildman–Crippen LogP) is 2.39. The van der Waals surface area contributed by atoms with Crippen LogP contribution in [0.4, 0.5) is 0 Å². The number of phenols is 1. The maximum Gasteiger partial charge on any atom is 0.209 e. The van der Waals surface area contributed by atoms with Gasteiger partial charge in [-0.05, 0) is 30.0 Å². The zero-order valence-corrected chi connectivity index (χ0v) is 10.7. The highest BCUT2D eigenvalue weighted by Gasteiger charge is 2.33. The smallest absolute Gasteiger partial charge is 0.209 e. The van der Waals surface area contributed by atoms with Crippen LogP contribution in [0.1, 0.15) is 29.8 Å². The second-order valence-electron chi connectivity index (χ2n) is 5.11. The molecule has 19 heavy (non-hydrogen) atoms. The average Bonchev–Trinajstić information content (AvgIpc) is 2.25. The Morgan fingerprint density at radius 1 is 1.42 bits per heavy atom. The van der Waals surface area contributed by atoms with Crippen LogP contribution in [0, 0.1) is 0 Å². The lowest BCUT2D eigenvalue weighted by molar-refractivity contribution is -0.122. The van der Waals surface area contributed by atoms with Gasteiger partial charge in [-0.15, -0.1) is 0 Å². The van der Waals surface area contributed by atoms with E-state index in [-0.39, 0.29) is 23.5 Å². The van der Waals surface area contributed by atoms with Gasteiger partial charge in [0.05, 0.1) is 5.56 Å². The van der Waals surface area contributed by atoms with E-state index in [0.717, 1.165) is 10.8 Å². The number of ether oxygens (including phenoxy) is 1. The summed E-state index contributed by atoms with van der Waals surface area (Å²) in [6.45, 7) is 2.95. The fourth-order valence-corrected chi connectivity index (χ4v) is 2.75. The van der Waals surface area contributed by atoms with Gasteiger partial charge in [-0.2, -0.15) is 0 Å². The minimum Gasteiger partial charge on any atom is -0.507 e. The van der Waals surface area contributed by atoms with Crippen LogP contribution >= 0.6 is 0 Å².